The summed E-state index contributed by atoms with van der Waals surface area (Å²) in [6, 6.07) is 15.8. The number of benzene rings is 2. The van der Waals surface area contributed by atoms with Crippen LogP contribution in [0, 0.1) is 0 Å². The number of carboxylic acid groups (broad SMARTS) is 1. The van der Waals surface area contributed by atoms with Gasteiger partial charge >= 0.3 is 6.09 Å². The second-order valence-electron chi connectivity index (χ2n) is 7.85. The maximum absolute atomic E-state index is 13.1. The van der Waals surface area contributed by atoms with E-state index in [2.05, 4.69) is 20.4 Å². The average Bonchev–Trinajstić information content (AvgIpc) is 3.37. The molecule has 34 heavy (non-hydrogen) atoms. The molecule has 4 rings (SSSR count). The van der Waals surface area contributed by atoms with Gasteiger partial charge in [0.05, 0.1) is 26.0 Å². The van der Waals surface area contributed by atoms with E-state index in [1.807, 2.05) is 48.5 Å². The number of aromatic nitrogens is 2. The molecule has 3 aromatic rings. The van der Waals surface area contributed by atoms with Crippen molar-refractivity contribution in [3.63, 3.8) is 0 Å². The van der Waals surface area contributed by atoms with Gasteiger partial charge in [-0.3, -0.25) is 9.89 Å². The summed E-state index contributed by atoms with van der Waals surface area (Å²) in [5, 5.41) is 18.8. The number of H-pyrrole nitrogens is 1. The Morgan fingerprint density at radius 3 is 2.24 bits per heavy atom. The van der Waals surface area contributed by atoms with Gasteiger partial charge in [0.25, 0.3) is 5.91 Å². The van der Waals surface area contributed by atoms with Crippen LogP contribution in [0.3, 0.4) is 0 Å². The van der Waals surface area contributed by atoms with Crippen molar-refractivity contribution in [2.75, 3.05) is 45.3 Å². The van der Waals surface area contributed by atoms with E-state index in [0.29, 0.717) is 43.4 Å². The summed E-state index contributed by atoms with van der Waals surface area (Å²) in [6.45, 7) is 2.34. The molecule has 0 spiro atoms. The number of rotatable bonds is 7. The molecule has 1 aliphatic heterocycles. The van der Waals surface area contributed by atoms with Crippen LogP contribution < -0.4 is 19.7 Å². The molecule has 2 amide bonds. The molecule has 1 fully saturated rings. The molecular weight excluding hydrogens is 438 g/mol. The number of carbonyl (C=O) groups is 2. The number of carbonyl (C=O) groups excluding carboxylic acids is 1. The van der Waals surface area contributed by atoms with Crippen molar-refractivity contribution in [2.24, 2.45) is 0 Å². The van der Waals surface area contributed by atoms with Crippen LogP contribution in [0.2, 0.25) is 0 Å². The van der Waals surface area contributed by atoms with Crippen LogP contribution in [0.4, 0.5) is 10.5 Å². The zero-order chi connectivity index (χ0) is 24.1. The number of nitrogens with zero attached hydrogens (tertiary/aromatic N) is 3. The van der Waals surface area contributed by atoms with Crippen molar-refractivity contribution >= 4 is 17.7 Å². The molecule has 0 radical (unpaired) electrons. The molecule has 178 valence electrons. The number of methoxy groups -OCH3 is 2. The van der Waals surface area contributed by atoms with Gasteiger partial charge in [-0.25, -0.2) is 4.79 Å². The van der Waals surface area contributed by atoms with Crippen LogP contribution in [-0.2, 0) is 0 Å². The number of hydrogen-bond donors (Lipinski definition) is 3. The topological polar surface area (TPSA) is 120 Å². The molecule has 1 saturated heterocycles. The largest absolute Gasteiger partial charge is 0.497 e. The van der Waals surface area contributed by atoms with Crippen LogP contribution in [0.25, 0.3) is 0 Å². The molecule has 10 nitrogen and oxygen atoms in total. The molecule has 0 saturated carbocycles. The molecular formula is C24H27N5O5. The summed E-state index contributed by atoms with van der Waals surface area (Å²) in [7, 11) is 3.23. The van der Waals surface area contributed by atoms with Crippen molar-refractivity contribution in [3.05, 3.63) is 71.5 Å². The van der Waals surface area contributed by atoms with E-state index in [9.17, 15) is 14.7 Å². The standard InChI is InChI=1S/C24H27N5O5/c1-33-18-12-17(13-19(14-18)34-2)28-8-10-29(11-9-28)23(30)21-15-20(26-27-21)22(25-24(31)32)16-6-4-3-5-7-16/h3-7,12-15,22,25H,8-11H2,1-2H3,(H,26,27)(H,31,32). The van der Waals surface area contributed by atoms with E-state index in [-0.39, 0.29) is 11.6 Å². The summed E-state index contributed by atoms with van der Waals surface area (Å²) in [5.41, 5.74) is 2.46. The van der Waals surface area contributed by atoms with Crippen LogP contribution in [0.5, 0.6) is 11.5 Å². The lowest BCUT2D eigenvalue weighted by molar-refractivity contribution is 0.0740. The lowest BCUT2D eigenvalue weighted by Gasteiger charge is -2.36. The minimum atomic E-state index is -1.17. The molecule has 0 aliphatic carbocycles. The van der Waals surface area contributed by atoms with Crippen LogP contribution >= 0.6 is 0 Å². The van der Waals surface area contributed by atoms with Gasteiger partial charge in [-0.05, 0) is 11.6 Å². The van der Waals surface area contributed by atoms with Gasteiger partial charge in [-0.1, -0.05) is 30.3 Å². The normalized spacial score (nSPS) is 14.4. The van der Waals surface area contributed by atoms with E-state index >= 15 is 0 Å². The Morgan fingerprint density at radius 1 is 1.00 bits per heavy atom. The number of hydrogen-bond acceptors (Lipinski definition) is 6. The van der Waals surface area contributed by atoms with Gasteiger partial charge in [-0.15, -0.1) is 0 Å². The van der Waals surface area contributed by atoms with Crippen LogP contribution in [0.1, 0.15) is 27.8 Å². The molecule has 3 N–H and O–H groups in total. The van der Waals surface area contributed by atoms with Gasteiger partial charge in [0.2, 0.25) is 0 Å². The Bertz CT molecular complexity index is 1120. The van der Waals surface area contributed by atoms with Gasteiger partial charge in [0.15, 0.2) is 5.69 Å². The highest BCUT2D eigenvalue weighted by Gasteiger charge is 2.26. The number of aromatic amines is 1. The van der Waals surface area contributed by atoms with Crippen molar-refractivity contribution in [1.82, 2.24) is 20.4 Å². The smallest absolute Gasteiger partial charge is 0.405 e. The molecule has 1 aliphatic rings. The highest BCUT2D eigenvalue weighted by Crippen LogP contribution is 2.29. The maximum atomic E-state index is 13.1. The summed E-state index contributed by atoms with van der Waals surface area (Å²) in [4.78, 5) is 28.3. The molecule has 2 aromatic carbocycles. The second-order valence-corrected chi connectivity index (χ2v) is 7.85. The Hall–Kier alpha value is -4.21. The van der Waals surface area contributed by atoms with E-state index < -0.39 is 12.1 Å². The van der Waals surface area contributed by atoms with Crippen LogP contribution in [0.15, 0.2) is 54.6 Å². The molecule has 1 atom stereocenters. The fraction of sp³-hybridized carbons (Fsp3) is 0.292. The number of ether oxygens (including phenoxy) is 2. The van der Waals surface area contributed by atoms with Crippen molar-refractivity contribution in [1.29, 1.82) is 0 Å². The zero-order valence-corrected chi connectivity index (χ0v) is 19.0. The van der Waals surface area contributed by atoms with Gasteiger partial charge < -0.3 is 29.7 Å². The van der Waals surface area contributed by atoms with Crippen LogP contribution in [-0.4, -0.2) is 72.6 Å². The quantitative estimate of drug-likeness (QED) is 0.491. The van der Waals surface area contributed by atoms with E-state index in [1.165, 1.54) is 0 Å². The van der Waals surface area contributed by atoms with E-state index in [0.717, 1.165) is 11.3 Å². The number of nitrogens with one attached hydrogen (secondary N) is 2. The maximum Gasteiger partial charge on any atom is 0.405 e. The summed E-state index contributed by atoms with van der Waals surface area (Å²) >= 11 is 0. The predicted molar refractivity (Wildman–Crippen MR) is 126 cm³/mol. The third-order valence-electron chi connectivity index (χ3n) is 5.80. The highest BCUT2D eigenvalue weighted by atomic mass is 16.5. The first-order valence-corrected chi connectivity index (χ1v) is 10.9. The number of amides is 2. The third-order valence-corrected chi connectivity index (χ3v) is 5.80. The highest BCUT2D eigenvalue weighted by molar-refractivity contribution is 5.92. The average molecular weight is 466 g/mol. The number of anilines is 1. The lowest BCUT2D eigenvalue weighted by Crippen LogP contribution is -2.48. The Balaban J connectivity index is 1.44. The Morgan fingerprint density at radius 2 is 1.65 bits per heavy atom. The van der Waals surface area contributed by atoms with Gasteiger partial charge in [0, 0.05) is 50.1 Å². The minimum Gasteiger partial charge on any atom is -0.497 e. The van der Waals surface area contributed by atoms with Crippen molar-refractivity contribution in [3.8, 4) is 11.5 Å². The zero-order valence-electron chi connectivity index (χ0n) is 19.0. The fourth-order valence-electron chi connectivity index (χ4n) is 4.01. The fourth-order valence-corrected chi connectivity index (χ4v) is 4.01. The van der Waals surface area contributed by atoms with Crippen molar-refractivity contribution in [2.45, 2.75) is 6.04 Å². The Kier molecular flexibility index (Phi) is 6.86. The van der Waals surface area contributed by atoms with Crippen molar-refractivity contribution < 1.29 is 24.2 Å². The third kappa shape index (κ3) is 5.06. The Labute approximate surface area is 197 Å². The monoisotopic (exact) mass is 465 g/mol. The van der Waals surface area contributed by atoms with Gasteiger partial charge in [-0.2, -0.15) is 5.10 Å². The first kappa shape index (κ1) is 23.0. The number of piperazine rings is 1. The molecule has 1 unspecified atom stereocenters. The minimum absolute atomic E-state index is 0.201. The molecule has 2 heterocycles. The summed E-state index contributed by atoms with van der Waals surface area (Å²) in [6.07, 6.45) is -1.17. The molecule has 1 aromatic heterocycles. The predicted octanol–water partition coefficient (Wildman–Crippen LogP) is 2.75. The van der Waals surface area contributed by atoms with E-state index in [4.69, 9.17) is 9.47 Å². The summed E-state index contributed by atoms with van der Waals surface area (Å²) < 4.78 is 10.7. The van der Waals surface area contributed by atoms with E-state index in [1.54, 1.807) is 25.2 Å². The molecule has 10 heteroatoms. The molecule has 0 bridgehead atoms. The first-order chi connectivity index (χ1) is 16.5. The second kappa shape index (κ2) is 10.2. The SMILES string of the molecule is COc1cc(OC)cc(N2CCN(C(=O)c3cc(C(NC(=O)O)c4ccccc4)[nH]n3)CC2)c1. The van der Waals surface area contributed by atoms with Gasteiger partial charge in [0.1, 0.15) is 11.5 Å². The lowest BCUT2D eigenvalue weighted by atomic mass is 10.0. The summed E-state index contributed by atoms with van der Waals surface area (Å²) in [5.74, 6) is 1.22. The first-order valence-electron chi connectivity index (χ1n) is 10.9.